The highest BCUT2D eigenvalue weighted by atomic mass is 32.2. The third-order valence-electron chi connectivity index (χ3n) is 4.02. The van der Waals surface area contributed by atoms with Gasteiger partial charge in [-0.1, -0.05) is 11.8 Å². The van der Waals surface area contributed by atoms with Crippen molar-refractivity contribution in [2.24, 2.45) is 0 Å². The lowest BCUT2D eigenvalue weighted by Crippen LogP contribution is -2.01. The van der Waals surface area contributed by atoms with E-state index < -0.39 is 0 Å². The van der Waals surface area contributed by atoms with E-state index in [1.54, 1.807) is 43.9 Å². The molecule has 0 N–H and O–H groups in total. The highest BCUT2D eigenvalue weighted by molar-refractivity contribution is 7.98. The SMILES string of the molecule is CCn1c(SCc2cc(OC)cc(OC)c2)nnc1-c1cccnc1SC. The van der Waals surface area contributed by atoms with Gasteiger partial charge in [0.15, 0.2) is 11.0 Å². The molecule has 0 unspecified atom stereocenters. The topological polar surface area (TPSA) is 62.1 Å². The van der Waals surface area contributed by atoms with E-state index in [0.29, 0.717) is 0 Å². The molecule has 0 aliphatic carbocycles. The van der Waals surface area contributed by atoms with Crippen LogP contribution in [0.5, 0.6) is 11.5 Å². The summed E-state index contributed by atoms with van der Waals surface area (Å²) >= 11 is 3.25. The number of methoxy groups -OCH3 is 2. The first-order valence-electron chi connectivity index (χ1n) is 8.47. The van der Waals surface area contributed by atoms with Crippen LogP contribution in [0, 0.1) is 0 Å². The van der Waals surface area contributed by atoms with Crippen molar-refractivity contribution in [3.63, 3.8) is 0 Å². The zero-order valence-corrected chi connectivity index (χ0v) is 17.4. The van der Waals surface area contributed by atoms with E-state index in [4.69, 9.17) is 9.47 Å². The highest BCUT2D eigenvalue weighted by Gasteiger charge is 2.16. The largest absolute Gasteiger partial charge is 0.497 e. The van der Waals surface area contributed by atoms with Gasteiger partial charge in [0, 0.05) is 24.6 Å². The second-order valence-corrected chi connectivity index (χ2v) is 7.36. The van der Waals surface area contributed by atoms with Gasteiger partial charge >= 0.3 is 0 Å². The van der Waals surface area contributed by atoms with Crippen LogP contribution in [-0.2, 0) is 12.3 Å². The summed E-state index contributed by atoms with van der Waals surface area (Å²) in [6.45, 7) is 2.88. The van der Waals surface area contributed by atoms with Crippen molar-refractivity contribution < 1.29 is 9.47 Å². The van der Waals surface area contributed by atoms with E-state index in [-0.39, 0.29) is 0 Å². The summed E-state index contributed by atoms with van der Waals surface area (Å²) in [6.07, 6.45) is 3.82. The molecule has 3 aromatic rings. The molecule has 142 valence electrons. The maximum absolute atomic E-state index is 5.35. The number of hydrogen-bond donors (Lipinski definition) is 0. The summed E-state index contributed by atoms with van der Waals surface area (Å²) in [7, 11) is 3.31. The van der Waals surface area contributed by atoms with Crippen LogP contribution in [0.4, 0.5) is 0 Å². The smallest absolute Gasteiger partial charge is 0.191 e. The maximum atomic E-state index is 5.35. The number of benzene rings is 1. The fourth-order valence-electron chi connectivity index (χ4n) is 2.70. The van der Waals surface area contributed by atoms with Gasteiger partial charge in [0.05, 0.1) is 19.8 Å². The van der Waals surface area contributed by atoms with Crippen LogP contribution in [0.1, 0.15) is 12.5 Å². The van der Waals surface area contributed by atoms with E-state index in [0.717, 1.165) is 50.9 Å². The maximum Gasteiger partial charge on any atom is 0.191 e. The van der Waals surface area contributed by atoms with Gasteiger partial charge in [-0.05, 0) is 43.0 Å². The first-order valence-corrected chi connectivity index (χ1v) is 10.7. The molecule has 0 saturated carbocycles. The first kappa shape index (κ1) is 19.6. The van der Waals surface area contributed by atoms with Gasteiger partial charge in [-0.3, -0.25) is 0 Å². The van der Waals surface area contributed by atoms with Crippen LogP contribution >= 0.6 is 23.5 Å². The fraction of sp³-hybridized carbons (Fsp3) is 0.316. The van der Waals surface area contributed by atoms with Gasteiger partial charge in [0.2, 0.25) is 0 Å². The van der Waals surface area contributed by atoms with E-state index in [1.807, 2.05) is 36.6 Å². The lowest BCUT2D eigenvalue weighted by atomic mass is 10.2. The average Bonchev–Trinajstić information content (AvgIpc) is 3.14. The van der Waals surface area contributed by atoms with Crippen molar-refractivity contribution in [3.05, 3.63) is 42.1 Å². The lowest BCUT2D eigenvalue weighted by molar-refractivity contribution is 0.393. The molecule has 2 aromatic heterocycles. The monoisotopic (exact) mass is 402 g/mol. The Balaban J connectivity index is 1.86. The van der Waals surface area contributed by atoms with Crippen LogP contribution in [-0.4, -0.2) is 40.2 Å². The van der Waals surface area contributed by atoms with Crippen LogP contribution in [0.3, 0.4) is 0 Å². The minimum Gasteiger partial charge on any atom is -0.497 e. The minimum atomic E-state index is 0.744. The number of aromatic nitrogens is 4. The van der Waals surface area contributed by atoms with Gasteiger partial charge in [-0.25, -0.2) is 4.98 Å². The number of hydrogen-bond acceptors (Lipinski definition) is 7. The molecule has 0 fully saturated rings. The predicted octanol–water partition coefficient (Wildman–Crippen LogP) is 4.39. The summed E-state index contributed by atoms with van der Waals surface area (Å²) in [5.41, 5.74) is 2.11. The average molecular weight is 403 g/mol. The van der Waals surface area contributed by atoms with Crippen molar-refractivity contribution in [1.29, 1.82) is 0 Å². The van der Waals surface area contributed by atoms with Gasteiger partial charge in [0.1, 0.15) is 16.5 Å². The van der Waals surface area contributed by atoms with E-state index in [1.165, 1.54) is 0 Å². The van der Waals surface area contributed by atoms with Gasteiger partial charge < -0.3 is 14.0 Å². The van der Waals surface area contributed by atoms with Crippen molar-refractivity contribution in [2.75, 3.05) is 20.5 Å². The highest BCUT2D eigenvalue weighted by Crippen LogP contribution is 2.32. The van der Waals surface area contributed by atoms with E-state index >= 15 is 0 Å². The number of nitrogens with zero attached hydrogens (tertiary/aromatic N) is 4. The van der Waals surface area contributed by atoms with E-state index in [2.05, 4.69) is 26.7 Å². The fourth-order valence-corrected chi connectivity index (χ4v) is 4.18. The summed E-state index contributed by atoms with van der Waals surface area (Å²) in [6, 6.07) is 9.86. The van der Waals surface area contributed by atoms with Crippen molar-refractivity contribution >= 4 is 23.5 Å². The zero-order chi connectivity index (χ0) is 19.2. The van der Waals surface area contributed by atoms with Crippen molar-refractivity contribution in [2.45, 2.75) is 29.4 Å². The Morgan fingerprint density at radius 2 is 1.81 bits per heavy atom. The van der Waals surface area contributed by atoms with Crippen molar-refractivity contribution in [1.82, 2.24) is 19.7 Å². The number of thioether (sulfide) groups is 2. The van der Waals surface area contributed by atoms with Crippen LogP contribution in [0.25, 0.3) is 11.4 Å². The molecule has 27 heavy (non-hydrogen) atoms. The zero-order valence-electron chi connectivity index (χ0n) is 15.8. The number of ether oxygens (including phenoxy) is 2. The Kier molecular flexibility index (Phi) is 6.63. The Labute approximate surface area is 167 Å². The minimum absolute atomic E-state index is 0.744. The lowest BCUT2D eigenvalue weighted by Gasteiger charge is -2.10. The standard InChI is InChI=1S/C19H22N4O2S2/c1-5-23-17(16-7-6-8-20-18(16)26-4)21-22-19(23)27-12-13-9-14(24-2)11-15(10-13)25-3/h6-11H,5,12H2,1-4H3. The molecule has 2 heterocycles. The molecule has 0 saturated heterocycles. The molecule has 6 nitrogen and oxygen atoms in total. The summed E-state index contributed by atoms with van der Waals surface area (Å²) in [5.74, 6) is 3.15. The van der Waals surface area contributed by atoms with Crippen molar-refractivity contribution in [3.8, 4) is 22.9 Å². The second kappa shape index (κ2) is 9.14. The molecule has 3 rings (SSSR count). The molecule has 0 aliphatic rings. The molecule has 1 aromatic carbocycles. The summed E-state index contributed by atoms with van der Waals surface area (Å²) < 4.78 is 12.8. The van der Waals surface area contributed by atoms with Crippen LogP contribution in [0.15, 0.2) is 46.7 Å². The van der Waals surface area contributed by atoms with Crippen LogP contribution in [0.2, 0.25) is 0 Å². The normalized spacial score (nSPS) is 10.8. The summed E-state index contributed by atoms with van der Waals surface area (Å²) in [5, 5.41) is 10.7. The predicted molar refractivity (Wildman–Crippen MR) is 110 cm³/mol. The Morgan fingerprint density at radius 3 is 2.44 bits per heavy atom. The molecule has 0 atom stereocenters. The van der Waals surface area contributed by atoms with E-state index in [9.17, 15) is 0 Å². The molecule has 0 aliphatic heterocycles. The number of rotatable bonds is 8. The molecule has 0 bridgehead atoms. The quantitative estimate of drug-likeness (QED) is 0.518. The third-order valence-corrected chi connectivity index (χ3v) is 5.77. The molecule has 8 heteroatoms. The Morgan fingerprint density at radius 1 is 1.07 bits per heavy atom. The Bertz CT molecular complexity index is 892. The van der Waals surface area contributed by atoms with Gasteiger partial charge in [0.25, 0.3) is 0 Å². The molecule has 0 amide bonds. The second-order valence-electron chi connectivity index (χ2n) is 5.62. The number of pyridine rings is 1. The third kappa shape index (κ3) is 4.39. The molecular weight excluding hydrogens is 380 g/mol. The first-order chi connectivity index (χ1) is 13.2. The summed E-state index contributed by atoms with van der Waals surface area (Å²) in [4.78, 5) is 4.44. The van der Waals surface area contributed by atoms with Crippen LogP contribution < -0.4 is 9.47 Å². The molecule has 0 spiro atoms. The molecule has 0 radical (unpaired) electrons. The van der Waals surface area contributed by atoms with Gasteiger partial charge in [-0.15, -0.1) is 22.0 Å². The molecular formula is C19H22N4O2S2. The van der Waals surface area contributed by atoms with Gasteiger partial charge in [-0.2, -0.15) is 0 Å². The Hall–Kier alpha value is -2.19.